The van der Waals surface area contributed by atoms with Crippen molar-refractivity contribution in [2.45, 2.75) is 13.5 Å². The van der Waals surface area contributed by atoms with Crippen molar-refractivity contribution in [1.82, 2.24) is 4.98 Å². The Morgan fingerprint density at radius 3 is 2.70 bits per heavy atom. The van der Waals surface area contributed by atoms with Crippen LogP contribution in [-0.4, -0.2) is 18.1 Å². The zero-order valence-electron chi connectivity index (χ0n) is 11.3. The molecule has 0 saturated heterocycles. The van der Waals surface area contributed by atoms with Crippen LogP contribution < -0.4 is 5.32 Å². The first-order valence-electron chi connectivity index (χ1n) is 6.13. The van der Waals surface area contributed by atoms with Gasteiger partial charge in [-0.3, -0.25) is 0 Å². The van der Waals surface area contributed by atoms with Crippen molar-refractivity contribution >= 4 is 23.3 Å². The maximum atomic E-state index is 11.3. The van der Waals surface area contributed by atoms with Crippen LogP contribution in [-0.2, 0) is 11.3 Å². The number of rotatable bonds is 4. The number of nitrogens with one attached hydrogen (secondary N) is 1. The molecular formula is C15H15ClN2O2. The van der Waals surface area contributed by atoms with E-state index in [-0.39, 0.29) is 5.97 Å². The predicted molar refractivity (Wildman–Crippen MR) is 79.1 cm³/mol. The largest absolute Gasteiger partial charge is 0.465 e. The second-order valence-electron chi connectivity index (χ2n) is 4.39. The normalized spacial score (nSPS) is 10.2. The molecule has 1 aromatic heterocycles. The number of aromatic nitrogens is 1. The molecule has 0 bridgehead atoms. The molecule has 0 spiro atoms. The van der Waals surface area contributed by atoms with Gasteiger partial charge in [0.2, 0.25) is 0 Å². The maximum absolute atomic E-state index is 11.3. The van der Waals surface area contributed by atoms with Crippen LogP contribution in [0, 0.1) is 6.92 Å². The fraction of sp³-hybridized carbons (Fsp3) is 0.200. The molecule has 2 aromatic rings. The van der Waals surface area contributed by atoms with E-state index < -0.39 is 0 Å². The molecule has 0 radical (unpaired) electrons. The molecule has 0 saturated carbocycles. The third kappa shape index (κ3) is 3.48. The van der Waals surface area contributed by atoms with Crippen LogP contribution in [0.15, 0.2) is 36.5 Å². The summed E-state index contributed by atoms with van der Waals surface area (Å²) < 4.78 is 4.65. The van der Waals surface area contributed by atoms with Crippen LogP contribution in [0.25, 0.3) is 0 Å². The number of carbonyl (C=O) groups excluding carboxylic acids is 1. The zero-order chi connectivity index (χ0) is 14.5. The summed E-state index contributed by atoms with van der Waals surface area (Å²) in [6, 6.07) is 9.16. The first kappa shape index (κ1) is 14.3. The third-order valence-electron chi connectivity index (χ3n) is 2.83. The molecule has 2 rings (SSSR count). The Hall–Kier alpha value is -2.07. The molecule has 0 unspecified atom stereocenters. The number of ether oxygens (including phenoxy) is 1. The first-order chi connectivity index (χ1) is 9.60. The Balaban J connectivity index is 2.04. The van der Waals surface area contributed by atoms with E-state index in [0.29, 0.717) is 17.3 Å². The van der Waals surface area contributed by atoms with E-state index in [4.69, 9.17) is 11.6 Å². The Bertz CT molecular complexity index is 612. The molecule has 1 heterocycles. The number of esters is 1. The van der Waals surface area contributed by atoms with Crippen molar-refractivity contribution in [2.75, 3.05) is 12.4 Å². The second kappa shape index (κ2) is 6.39. The summed E-state index contributed by atoms with van der Waals surface area (Å²) >= 11 is 6.01. The van der Waals surface area contributed by atoms with E-state index in [1.165, 1.54) is 7.11 Å². The topological polar surface area (TPSA) is 51.2 Å². The van der Waals surface area contributed by atoms with Gasteiger partial charge in [0.1, 0.15) is 0 Å². The lowest BCUT2D eigenvalue weighted by molar-refractivity contribution is 0.0600. The highest BCUT2D eigenvalue weighted by Crippen LogP contribution is 2.20. The van der Waals surface area contributed by atoms with Crippen molar-refractivity contribution in [3.8, 4) is 0 Å². The van der Waals surface area contributed by atoms with Gasteiger partial charge in [0.05, 0.1) is 18.4 Å². The number of halogens is 1. The van der Waals surface area contributed by atoms with Gasteiger partial charge in [-0.1, -0.05) is 23.7 Å². The smallest absolute Gasteiger partial charge is 0.337 e. The zero-order valence-corrected chi connectivity index (χ0v) is 12.1. The molecule has 1 N–H and O–H groups in total. The minimum absolute atomic E-state index is 0.338. The van der Waals surface area contributed by atoms with Gasteiger partial charge in [-0.05, 0) is 36.2 Å². The summed E-state index contributed by atoms with van der Waals surface area (Å²) in [4.78, 5) is 15.4. The van der Waals surface area contributed by atoms with Gasteiger partial charge >= 0.3 is 5.97 Å². The highest BCUT2D eigenvalue weighted by molar-refractivity contribution is 6.31. The van der Waals surface area contributed by atoms with E-state index >= 15 is 0 Å². The Morgan fingerprint density at radius 1 is 1.35 bits per heavy atom. The highest BCUT2D eigenvalue weighted by atomic mass is 35.5. The van der Waals surface area contributed by atoms with Crippen LogP contribution in [0.5, 0.6) is 0 Å². The molecule has 0 amide bonds. The van der Waals surface area contributed by atoms with Gasteiger partial charge in [0, 0.05) is 12.7 Å². The lowest BCUT2D eigenvalue weighted by Gasteiger charge is -2.09. The van der Waals surface area contributed by atoms with Gasteiger partial charge in [-0.15, -0.1) is 0 Å². The minimum atomic E-state index is -0.338. The van der Waals surface area contributed by atoms with Crippen LogP contribution >= 0.6 is 11.6 Å². The molecule has 20 heavy (non-hydrogen) atoms. The molecule has 104 valence electrons. The lowest BCUT2D eigenvalue weighted by atomic mass is 10.1. The van der Waals surface area contributed by atoms with Crippen LogP contribution in [0.4, 0.5) is 5.69 Å². The summed E-state index contributed by atoms with van der Waals surface area (Å²) in [7, 11) is 1.37. The number of hydrogen-bond donors (Lipinski definition) is 1. The number of hydrogen-bond acceptors (Lipinski definition) is 4. The molecule has 0 fully saturated rings. The summed E-state index contributed by atoms with van der Waals surface area (Å²) in [5, 5.41) is 3.67. The minimum Gasteiger partial charge on any atom is -0.465 e. The van der Waals surface area contributed by atoms with Gasteiger partial charge in [0.15, 0.2) is 5.15 Å². The van der Waals surface area contributed by atoms with Gasteiger partial charge in [-0.25, -0.2) is 9.78 Å². The standard InChI is InChI=1S/C15H15ClN2O2/c1-10-7-13(14(16)18-8-10)17-9-11-3-5-12(6-4-11)15(19)20-2/h3-8,17H,9H2,1-2H3. The number of anilines is 1. The summed E-state index contributed by atoms with van der Waals surface area (Å²) in [6.07, 6.45) is 1.72. The fourth-order valence-electron chi connectivity index (χ4n) is 1.75. The van der Waals surface area contributed by atoms with Crippen LogP contribution in [0.3, 0.4) is 0 Å². The third-order valence-corrected chi connectivity index (χ3v) is 3.13. The van der Waals surface area contributed by atoms with Crippen molar-refractivity contribution in [1.29, 1.82) is 0 Å². The second-order valence-corrected chi connectivity index (χ2v) is 4.75. The van der Waals surface area contributed by atoms with Crippen molar-refractivity contribution in [3.05, 3.63) is 58.4 Å². The van der Waals surface area contributed by atoms with E-state index in [9.17, 15) is 4.79 Å². The number of methoxy groups -OCH3 is 1. The van der Waals surface area contributed by atoms with Gasteiger partial charge in [-0.2, -0.15) is 0 Å². The van der Waals surface area contributed by atoms with E-state index in [1.54, 1.807) is 18.3 Å². The molecule has 4 nitrogen and oxygen atoms in total. The highest BCUT2D eigenvalue weighted by Gasteiger charge is 2.05. The number of nitrogens with zero attached hydrogens (tertiary/aromatic N) is 1. The summed E-state index contributed by atoms with van der Waals surface area (Å²) in [6.45, 7) is 2.56. The Kier molecular flexibility index (Phi) is 4.58. The van der Waals surface area contributed by atoms with E-state index in [1.807, 2.05) is 25.1 Å². The fourth-order valence-corrected chi connectivity index (χ4v) is 1.92. The maximum Gasteiger partial charge on any atom is 0.337 e. The Morgan fingerprint density at radius 2 is 2.05 bits per heavy atom. The molecule has 1 aromatic carbocycles. The molecule has 5 heteroatoms. The SMILES string of the molecule is COC(=O)c1ccc(CNc2cc(C)cnc2Cl)cc1. The van der Waals surface area contributed by atoms with Gasteiger partial charge < -0.3 is 10.1 Å². The quantitative estimate of drug-likeness (QED) is 0.692. The average molecular weight is 291 g/mol. The first-order valence-corrected chi connectivity index (χ1v) is 6.51. The monoisotopic (exact) mass is 290 g/mol. The van der Waals surface area contributed by atoms with Crippen molar-refractivity contribution < 1.29 is 9.53 Å². The number of aryl methyl sites for hydroxylation is 1. The van der Waals surface area contributed by atoms with E-state index in [2.05, 4.69) is 15.0 Å². The molecular weight excluding hydrogens is 276 g/mol. The predicted octanol–water partition coefficient (Wildman–Crippen LogP) is 3.44. The van der Waals surface area contributed by atoms with Crippen molar-refractivity contribution in [3.63, 3.8) is 0 Å². The van der Waals surface area contributed by atoms with Crippen LogP contribution in [0.1, 0.15) is 21.5 Å². The van der Waals surface area contributed by atoms with Crippen LogP contribution in [0.2, 0.25) is 5.15 Å². The van der Waals surface area contributed by atoms with Crippen molar-refractivity contribution in [2.24, 2.45) is 0 Å². The van der Waals surface area contributed by atoms with Gasteiger partial charge in [0.25, 0.3) is 0 Å². The summed E-state index contributed by atoms with van der Waals surface area (Å²) in [5.74, 6) is -0.338. The number of pyridine rings is 1. The Labute approximate surface area is 122 Å². The number of carbonyl (C=O) groups is 1. The average Bonchev–Trinajstić information content (AvgIpc) is 2.48. The molecule has 0 aliphatic heterocycles. The molecule has 0 aliphatic carbocycles. The molecule has 0 atom stereocenters. The molecule has 0 aliphatic rings. The summed E-state index contributed by atoms with van der Waals surface area (Å²) in [5.41, 5.74) is 3.41. The lowest BCUT2D eigenvalue weighted by Crippen LogP contribution is -2.03. The number of benzene rings is 1. The van der Waals surface area contributed by atoms with E-state index in [0.717, 1.165) is 16.8 Å².